The number of rotatable bonds is 0. The summed E-state index contributed by atoms with van der Waals surface area (Å²) in [7, 11) is 0. The minimum atomic E-state index is 1.04. The highest BCUT2D eigenvalue weighted by Crippen LogP contribution is 2.58. The molecule has 4 fully saturated rings. The van der Waals surface area contributed by atoms with Crippen molar-refractivity contribution >= 4 is 0 Å². The first-order chi connectivity index (χ1) is 8.83. The summed E-state index contributed by atoms with van der Waals surface area (Å²) < 4.78 is 0. The van der Waals surface area contributed by atoms with E-state index in [9.17, 15) is 0 Å². The van der Waals surface area contributed by atoms with Crippen molar-refractivity contribution in [2.24, 2.45) is 41.4 Å². The molecule has 0 aliphatic heterocycles. The monoisotopic (exact) mass is 246 g/mol. The molecular weight excluding hydrogens is 216 g/mol. The van der Waals surface area contributed by atoms with E-state index in [0.717, 1.165) is 41.4 Å². The standard InChI is InChI=1S/C18H30/c1-12-10-14-7-9-16-15-5-3-2-4-13(15)6-8-17(16)18(14)11-12/h12-18H,2-11H2,1H3. The fourth-order valence-electron chi connectivity index (χ4n) is 6.76. The third-order valence-electron chi connectivity index (χ3n) is 7.34. The van der Waals surface area contributed by atoms with Crippen LogP contribution in [0.25, 0.3) is 0 Å². The molecule has 7 atom stereocenters. The van der Waals surface area contributed by atoms with Crippen LogP contribution in [0.1, 0.15) is 71.1 Å². The number of hydrogen-bond acceptors (Lipinski definition) is 0. The van der Waals surface area contributed by atoms with Crippen molar-refractivity contribution in [3.63, 3.8) is 0 Å². The molecule has 0 aromatic carbocycles. The Labute approximate surface area is 113 Å². The predicted molar refractivity (Wildman–Crippen MR) is 76.3 cm³/mol. The van der Waals surface area contributed by atoms with Gasteiger partial charge in [-0.15, -0.1) is 0 Å². The zero-order valence-corrected chi connectivity index (χ0v) is 12.1. The average molecular weight is 246 g/mol. The molecular formula is C18H30. The van der Waals surface area contributed by atoms with E-state index >= 15 is 0 Å². The molecule has 102 valence electrons. The summed E-state index contributed by atoms with van der Waals surface area (Å²) in [4.78, 5) is 0. The SMILES string of the molecule is CC1CC2CCC3C4CCCCC4CCC3C2C1. The summed E-state index contributed by atoms with van der Waals surface area (Å²) in [5, 5.41) is 0. The summed E-state index contributed by atoms with van der Waals surface area (Å²) in [6.07, 6.45) is 15.8. The molecule has 0 heteroatoms. The Balaban J connectivity index is 1.55. The second-order valence-electron chi connectivity index (χ2n) is 8.19. The second-order valence-corrected chi connectivity index (χ2v) is 8.19. The van der Waals surface area contributed by atoms with Crippen molar-refractivity contribution < 1.29 is 0 Å². The smallest absolute Gasteiger partial charge is 0.0352 e. The maximum atomic E-state index is 2.51. The molecule has 0 spiro atoms. The lowest BCUT2D eigenvalue weighted by atomic mass is 9.54. The van der Waals surface area contributed by atoms with E-state index in [1.54, 1.807) is 64.2 Å². The molecule has 0 saturated heterocycles. The summed E-state index contributed by atoms with van der Waals surface area (Å²) in [5.41, 5.74) is 0. The Morgan fingerprint density at radius 3 is 2.17 bits per heavy atom. The minimum absolute atomic E-state index is 1.04. The van der Waals surface area contributed by atoms with Gasteiger partial charge in [0.1, 0.15) is 0 Å². The molecule has 0 amide bonds. The van der Waals surface area contributed by atoms with Gasteiger partial charge in [0.25, 0.3) is 0 Å². The van der Waals surface area contributed by atoms with E-state index in [0.29, 0.717) is 0 Å². The molecule has 0 N–H and O–H groups in total. The van der Waals surface area contributed by atoms with E-state index in [4.69, 9.17) is 0 Å². The molecule has 0 radical (unpaired) electrons. The van der Waals surface area contributed by atoms with Crippen LogP contribution in [0.4, 0.5) is 0 Å². The first-order valence-electron chi connectivity index (χ1n) is 8.83. The van der Waals surface area contributed by atoms with Gasteiger partial charge in [0, 0.05) is 0 Å². The fraction of sp³-hybridized carbons (Fsp3) is 1.00. The quantitative estimate of drug-likeness (QED) is 0.546. The van der Waals surface area contributed by atoms with Gasteiger partial charge in [-0.3, -0.25) is 0 Å². The second kappa shape index (κ2) is 4.53. The lowest BCUT2D eigenvalue weighted by Crippen LogP contribution is -2.43. The van der Waals surface area contributed by atoms with Crippen LogP contribution in [0, 0.1) is 41.4 Å². The van der Waals surface area contributed by atoms with E-state index in [1.165, 1.54) is 0 Å². The molecule has 0 aromatic heterocycles. The molecule has 7 unspecified atom stereocenters. The Morgan fingerprint density at radius 1 is 0.556 bits per heavy atom. The molecule has 0 heterocycles. The van der Waals surface area contributed by atoms with E-state index in [-0.39, 0.29) is 0 Å². The Hall–Kier alpha value is 0. The van der Waals surface area contributed by atoms with Gasteiger partial charge in [-0.2, -0.15) is 0 Å². The van der Waals surface area contributed by atoms with Crippen molar-refractivity contribution in [2.75, 3.05) is 0 Å². The molecule has 18 heavy (non-hydrogen) atoms. The first kappa shape index (κ1) is 11.8. The molecule has 4 saturated carbocycles. The number of hydrogen-bond donors (Lipinski definition) is 0. The van der Waals surface area contributed by atoms with Crippen LogP contribution in [0.3, 0.4) is 0 Å². The Bertz CT molecular complexity index is 293. The molecule has 4 rings (SSSR count). The lowest BCUT2D eigenvalue weighted by Gasteiger charge is -2.51. The van der Waals surface area contributed by atoms with Crippen LogP contribution >= 0.6 is 0 Å². The molecule has 0 aromatic rings. The topological polar surface area (TPSA) is 0 Å². The molecule has 0 bridgehead atoms. The van der Waals surface area contributed by atoms with Crippen LogP contribution in [0.2, 0.25) is 0 Å². The predicted octanol–water partition coefficient (Wildman–Crippen LogP) is 5.28. The van der Waals surface area contributed by atoms with Crippen molar-refractivity contribution in [1.82, 2.24) is 0 Å². The number of fused-ring (bicyclic) bond motifs is 5. The van der Waals surface area contributed by atoms with Gasteiger partial charge < -0.3 is 0 Å². The van der Waals surface area contributed by atoms with Crippen molar-refractivity contribution in [3.8, 4) is 0 Å². The fourth-order valence-corrected chi connectivity index (χ4v) is 6.76. The minimum Gasteiger partial charge on any atom is -0.0625 e. The van der Waals surface area contributed by atoms with Gasteiger partial charge in [0.2, 0.25) is 0 Å². The third-order valence-corrected chi connectivity index (χ3v) is 7.34. The maximum absolute atomic E-state index is 2.51. The highest BCUT2D eigenvalue weighted by molar-refractivity contribution is 4.99. The van der Waals surface area contributed by atoms with Crippen molar-refractivity contribution in [3.05, 3.63) is 0 Å². The van der Waals surface area contributed by atoms with Gasteiger partial charge in [-0.1, -0.05) is 26.2 Å². The van der Waals surface area contributed by atoms with Crippen molar-refractivity contribution in [2.45, 2.75) is 71.1 Å². The third kappa shape index (κ3) is 1.78. The lowest BCUT2D eigenvalue weighted by molar-refractivity contribution is -0.0185. The summed E-state index contributed by atoms with van der Waals surface area (Å²) in [6.45, 7) is 2.51. The van der Waals surface area contributed by atoms with Gasteiger partial charge in [0.15, 0.2) is 0 Å². The van der Waals surface area contributed by atoms with Crippen LogP contribution in [-0.4, -0.2) is 0 Å². The van der Waals surface area contributed by atoms with Crippen molar-refractivity contribution in [1.29, 1.82) is 0 Å². The molecule has 4 aliphatic carbocycles. The Morgan fingerprint density at radius 2 is 1.28 bits per heavy atom. The van der Waals surface area contributed by atoms with Gasteiger partial charge in [-0.05, 0) is 86.4 Å². The first-order valence-corrected chi connectivity index (χ1v) is 8.83. The summed E-state index contributed by atoms with van der Waals surface area (Å²) in [5.74, 6) is 7.97. The highest BCUT2D eigenvalue weighted by atomic mass is 14.5. The van der Waals surface area contributed by atoms with Gasteiger partial charge >= 0.3 is 0 Å². The normalized spacial score (nSPS) is 55.5. The highest BCUT2D eigenvalue weighted by Gasteiger charge is 2.49. The van der Waals surface area contributed by atoms with Gasteiger partial charge in [0.05, 0.1) is 0 Å². The van der Waals surface area contributed by atoms with Crippen LogP contribution < -0.4 is 0 Å². The van der Waals surface area contributed by atoms with Crippen LogP contribution in [-0.2, 0) is 0 Å². The summed E-state index contributed by atoms with van der Waals surface area (Å²) >= 11 is 0. The zero-order chi connectivity index (χ0) is 12.1. The maximum Gasteiger partial charge on any atom is -0.0352 e. The largest absolute Gasteiger partial charge is 0.0625 e. The van der Waals surface area contributed by atoms with Gasteiger partial charge in [-0.25, -0.2) is 0 Å². The van der Waals surface area contributed by atoms with Crippen LogP contribution in [0.15, 0.2) is 0 Å². The van der Waals surface area contributed by atoms with E-state index < -0.39 is 0 Å². The van der Waals surface area contributed by atoms with E-state index in [1.807, 2.05) is 0 Å². The van der Waals surface area contributed by atoms with Crippen LogP contribution in [0.5, 0.6) is 0 Å². The zero-order valence-electron chi connectivity index (χ0n) is 12.1. The molecule has 4 aliphatic rings. The Kier molecular flexibility index (Phi) is 2.97. The van der Waals surface area contributed by atoms with E-state index in [2.05, 4.69) is 6.92 Å². The molecule has 0 nitrogen and oxygen atoms in total. The summed E-state index contributed by atoms with van der Waals surface area (Å²) in [6, 6.07) is 0. The average Bonchev–Trinajstić information content (AvgIpc) is 2.79.